The molecule has 0 aromatic carbocycles. The lowest BCUT2D eigenvalue weighted by Crippen LogP contribution is -2.61. The van der Waals surface area contributed by atoms with Crippen molar-refractivity contribution in [2.24, 2.45) is 5.41 Å². The Bertz CT molecular complexity index is 741. The predicted molar refractivity (Wildman–Crippen MR) is 124 cm³/mol. The van der Waals surface area contributed by atoms with Crippen molar-refractivity contribution in [3.8, 4) is 5.88 Å². The van der Waals surface area contributed by atoms with Crippen LogP contribution < -0.4 is 4.74 Å². The highest BCUT2D eigenvalue weighted by Crippen LogP contribution is 2.37. The van der Waals surface area contributed by atoms with E-state index in [9.17, 15) is 4.79 Å². The zero-order valence-corrected chi connectivity index (χ0v) is 21.1. The fraction of sp³-hybridized carbons (Fsp3) is 0.783. The Morgan fingerprint density at radius 3 is 2.58 bits per heavy atom. The molecule has 1 aliphatic heterocycles. The van der Waals surface area contributed by atoms with Crippen LogP contribution in [0.15, 0.2) is 6.08 Å². The molecule has 0 saturated carbocycles. The maximum absolute atomic E-state index is 12.3. The zero-order chi connectivity index (χ0) is 23.1. The van der Waals surface area contributed by atoms with Crippen molar-refractivity contribution in [3.63, 3.8) is 0 Å². The molecule has 7 nitrogen and oxygen atoms in total. The molecule has 2 atom stereocenters. The van der Waals surface area contributed by atoms with Gasteiger partial charge in [-0.25, -0.2) is 4.79 Å². The molecule has 176 valence electrons. The van der Waals surface area contributed by atoms with Gasteiger partial charge in [-0.1, -0.05) is 53.0 Å². The van der Waals surface area contributed by atoms with Gasteiger partial charge in [0.2, 0.25) is 6.23 Å². The number of likely N-dealkylation sites (N-methyl/N-ethyl adjacent to an activating group) is 1. The average Bonchev–Trinajstić information content (AvgIpc) is 3.13. The largest absolute Gasteiger partial charge is 0.513 e. The minimum Gasteiger partial charge on any atom is -0.475 e. The number of carbonyl (C=O) groups is 1. The number of rotatable bonds is 10. The molecular formula is C23H40N3O4S+. The SMILES string of the molecule is CCCCCCOc1nsnc1C1=CCC[N+](C)(C(OC(=O)OC(C)C)C(C)(C)C)C1. The van der Waals surface area contributed by atoms with Gasteiger partial charge in [0, 0.05) is 12.0 Å². The van der Waals surface area contributed by atoms with Crippen molar-refractivity contribution in [1.82, 2.24) is 8.75 Å². The molecule has 8 heteroatoms. The molecule has 1 aliphatic rings. The standard InChI is InChI=1S/C23H40N3O4S/c1-8-9-10-11-15-28-20-19(24-31-25-20)18-13-12-14-26(7,16-18)21(23(4,5)6)30-22(27)29-17(2)3/h13,17,21H,8-12,14-16H2,1-7H3/q+1. The van der Waals surface area contributed by atoms with Crippen LogP contribution in [0.25, 0.3) is 5.57 Å². The summed E-state index contributed by atoms with van der Waals surface area (Å²) in [5.74, 6) is 0.619. The van der Waals surface area contributed by atoms with Gasteiger partial charge in [-0.3, -0.25) is 4.48 Å². The Morgan fingerprint density at radius 1 is 1.19 bits per heavy atom. The van der Waals surface area contributed by atoms with Gasteiger partial charge in [-0.05, 0) is 20.3 Å². The number of hydrogen-bond donors (Lipinski definition) is 0. The number of unbranched alkanes of at least 4 members (excludes halogenated alkanes) is 3. The number of nitrogens with zero attached hydrogens (tertiary/aromatic N) is 3. The van der Waals surface area contributed by atoms with Crippen molar-refractivity contribution in [2.75, 3.05) is 26.7 Å². The van der Waals surface area contributed by atoms with Crippen LogP contribution in [0.4, 0.5) is 4.79 Å². The Labute approximate surface area is 191 Å². The minimum atomic E-state index is -0.614. The van der Waals surface area contributed by atoms with Crippen LogP contribution in [-0.4, -0.2) is 58.5 Å². The first kappa shape index (κ1) is 25.6. The lowest BCUT2D eigenvalue weighted by molar-refractivity contribution is -0.954. The van der Waals surface area contributed by atoms with E-state index in [1.165, 1.54) is 24.6 Å². The maximum atomic E-state index is 12.3. The third-order valence-corrected chi connectivity index (χ3v) is 5.92. The van der Waals surface area contributed by atoms with Gasteiger partial charge in [0.25, 0.3) is 5.88 Å². The van der Waals surface area contributed by atoms with E-state index in [0.717, 1.165) is 37.1 Å². The maximum Gasteiger partial charge on any atom is 0.513 e. The molecule has 0 bridgehead atoms. The zero-order valence-electron chi connectivity index (χ0n) is 20.3. The smallest absolute Gasteiger partial charge is 0.475 e. The molecule has 0 N–H and O–H groups in total. The van der Waals surface area contributed by atoms with Gasteiger partial charge in [0.05, 0.1) is 43.4 Å². The van der Waals surface area contributed by atoms with Crippen LogP contribution in [0.3, 0.4) is 0 Å². The summed E-state index contributed by atoms with van der Waals surface area (Å²) in [6, 6.07) is 0. The highest BCUT2D eigenvalue weighted by molar-refractivity contribution is 6.99. The lowest BCUT2D eigenvalue weighted by Gasteiger charge is -2.47. The van der Waals surface area contributed by atoms with Crippen molar-refractivity contribution in [3.05, 3.63) is 11.8 Å². The van der Waals surface area contributed by atoms with Gasteiger partial charge in [-0.2, -0.15) is 4.37 Å². The first-order valence-electron chi connectivity index (χ1n) is 11.4. The second-order valence-corrected chi connectivity index (χ2v) is 10.5. The van der Waals surface area contributed by atoms with Crippen molar-refractivity contribution >= 4 is 23.5 Å². The molecule has 1 aromatic heterocycles. The summed E-state index contributed by atoms with van der Waals surface area (Å²) in [4.78, 5) is 12.3. The van der Waals surface area contributed by atoms with Gasteiger partial charge in [0.15, 0.2) is 0 Å². The molecule has 1 aromatic rings. The topological polar surface area (TPSA) is 70.5 Å². The molecule has 2 heterocycles. The van der Waals surface area contributed by atoms with Crippen LogP contribution in [0, 0.1) is 5.41 Å². The van der Waals surface area contributed by atoms with E-state index in [4.69, 9.17) is 14.2 Å². The molecule has 0 spiro atoms. The van der Waals surface area contributed by atoms with Crippen molar-refractivity contribution < 1.29 is 23.5 Å². The lowest BCUT2D eigenvalue weighted by atomic mass is 9.90. The van der Waals surface area contributed by atoms with Crippen LogP contribution in [-0.2, 0) is 9.47 Å². The Hall–Kier alpha value is -1.67. The summed E-state index contributed by atoms with van der Waals surface area (Å²) in [6.45, 7) is 14.3. The first-order valence-corrected chi connectivity index (χ1v) is 12.2. The quantitative estimate of drug-likeness (QED) is 0.258. The molecule has 0 amide bonds. The summed E-state index contributed by atoms with van der Waals surface area (Å²) >= 11 is 1.18. The fourth-order valence-corrected chi connectivity index (χ4v) is 4.69. The number of ether oxygens (including phenoxy) is 3. The van der Waals surface area contributed by atoms with Crippen LogP contribution in [0.2, 0.25) is 0 Å². The second-order valence-electron chi connectivity index (χ2n) is 9.96. The average molecular weight is 455 g/mol. The molecule has 2 unspecified atom stereocenters. The number of carbonyl (C=O) groups excluding carboxylic acids is 1. The third-order valence-electron chi connectivity index (χ3n) is 5.41. The third kappa shape index (κ3) is 7.45. The molecule has 0 fully saturated rings. The van der Waals surface area contributed by atoms with E-state index >= 15 is 0 Å². The monoisotopic (exact) mass is 454 g/mol. The van der Waals surface area contributed by atoms with E-state index in [2.05, 4.69) is 49.6 Å². The fourth-order valence-electron chi connectivity index (χ4n) is 4.16. The van der Waals surface area contributed by atoms with E-state index < -0.39 is 6.16 Å². The molecule has 2 rings (SSSR count). The normalized spacial score (nSPS) is 20.3. The Kier molecular flexibility index (Phi) is 9.30. The molecule has 31 heavy (non-hydrogen) atoms. The predicted octanol–water partition coefficient (Wildman–Crippen LogP) is 5.66. The summed E-state index contributed by atoms with van der Waals surface area (Å²) in [6.07, 6.45) is 6.52. The Balaban J connectivity index is 2.14. The minimum absolute atomic E-state index is 0.214. The number of quaternary nitrogens is 1. The number of hydrogen-bond acceptors (Lipinski definition) is 7. The molecule has 0 saturated heterocycles. The molecule has 0 radical (unpaired) electrons. The molecular weight excluding hydrogens is 414 g/mol. The van der Waals surface area contributed by atoms with E-state index in [0.29, 0.717) is 23.5 Å². The van der Waals surface area contributed by atoms with Gasteiger partial charge >= 0.3 is 6.16 Å². The summed E-state index contributed by atoms with van der Waals surface area (Å²) in [7, 11) is 2.14. The van der Waals surface area contributed by atoms with Gasteiger partial charge in [-0.15, -0.1) is 4.37 Å². The second kappa shape index (κ2) is 11.3. The highest BCUT2D eigenvalue weighted by Gasteiger charge is 2.46. The van der Waals surface area contributed by atoms with E-state index in [1.54, 1.807) is 0 Å². The van der Waals surface area contributed by atoms with Crippen LogP contribution in [0.1, 0.15) is 79.3 Å². The first-order chi connectivity index (χ1) is 14.6. The van der Waals surface area contributed by atoms with Crippen LogP contribution in [0.5, 0.6) is 5.88 Å². The van der Waals surface area contributed by atoms with Gasteiger partial charge < -0.3 is 14.2 Å². The Morgan fingerprint density at radius 2 is 1.94 bits per heavy atom. The van der Waals surface area contributed by atoms with Crippen LogP contribution >= 0.6 is 11.7 Å². The summed E-state index contributed by atoms with van der Waals surface area (Å²) in [5, 5.41) is 0. The number of aromatic nitrogens is 2. The van der Waals surface area contributed by atoms with Gasteiger partial charge in [0.1, 0.15) is 12.2 Å². The summed E-state index contributed by atoms with van der Waals surface area (Å²) < 4.78 is 26.6. The highest BCUT2D eigenvalue weighted by atomic mass is 32.1. The van der Waals surface area contributed by atoms with E-state index in [1.807, 2.05) is 13.8 Å². The van der Waals surface area contributed by atoms with E-state index in [-0.39, 0.29) is 17.7 Å². The molecule has 0 aliphatic carbocycles. The summed E-state index contributed by atoms with van der Waals surface area (Å²) in [5.41, 5.74) is 1.66. The van der Waals surface area contributed by atoms with Crippen molar-refractivity contribution in [1.29, 1.82) is 0 Å². The van der Waals surface area contributed by atoms with Crippen molar-refractivity contribution in [2.45, 2.75) is 86.0 Å².